The third-order valence-electron chi connectivity index (χ3n) is 3.47. The Morgan fingerprint density at radius 3 is 3.00 bits per heavy atom. The van der Waals surface area contributed by atoms with Gasteiger partial charge in [-0.05, 0) is 19.4 Å². The third kappa shape index (κ3) is 3.13. The first-order valence-electron chi connectivity index (χ1n) is 6.71. The zero-order chi connectivity index (χ0) is 13.0. The molecule has 102 valence electrons. The maximum Gasteiger partial charge on any atom is 0.0630 e. The fraction of sp³-hybridized carbons (Fsp3) is 0.769. The number of nitrogens with zero attached hydrogens (tertiary/aromatic N) is 3. The number of alkyl halides is 1. The Labute approximate surface area is 117 Å². The van der Waals surface area contributed by atoms with E-state index < -0.39 is 0 Å². The van der Waals surface area contributed by atoms with Crippen LogP contribution in [0.5, 0.6) is 0 Å². The van der Waals surface area contributed by atoms with Crippen LogP contribution in [-0.2, 0) is 24.2 Å². The number of hydrogen-bond donors (Lipinski definition) is 0. The van der Waals surface area contributed by atoms with Gasteiger partial charge >= 0.3 is 0 Å². The van der Waals surface area contributed by atoms with Crippen LogP contribution in [0.3, 0.4) is 0 Å². The molecule has 5 heteroatoms. The summed E-state index contributed by atoms with van der Waals surface area (Å²) in [5.41, 5.74) is 2.51. The lowest BCUT2D eigenvalue weighted by Gasteiger charge is -2.34. The lowest BCUT2D eigenvalue weighted by molar-refractivity contribution is -0.00323. The summed E-state index contributed by atoms with van der Waals surface area (Å²) >= 11 is 3.58. The van der Waals surface area contributed by atoms with Gasteiger partial charge in [-0.2, -0.15) is 5.10 Å². The van der Waals surface area contributed by atoms with Gasteiger partial charge in [-0.25, -0.2) is 0 Å². The van der Waals surface area contributed by atoms with Gasteiger partial charge in [0.15, 0.2) is 0 Å². The van der Waals surface area contributed by atoms with Crippen LogP contribution >= 0.6 is 15.9 Å². The molecule has 0 radical (unpaired) electrons. The van der Waals surface area contributed by atoms with E-state index in [0.717, 1.165) is 44.6 Å². The number of morpholine rings is 1. The predicted molar refractivity (Wildman–Crippen MR) is 76.1 cm³/mol. The molecule has 0 aromatic carbocycles. The molecule has 0 spiro atoms. The van der Waals surface area contributed by atoms with Crippen molar-refractivity contribution in [3.8, 4) is 0 Å². The summed E-state index contributed by atoms with van der Waals surface area (Å²) in [6.45, 7) is 8.89. The standard InChI is InChI=1S/C13H22BrN3O/c1-3-11-7-12(17(4-2)15-11)9-16-5-6-18-10-13(16)8-14/h7,13H,3-6,8-10H2,1-2H3. The molecule has 0 bridgehead atoms. The predicted octanol–water partition coefficient (Wildman–Crippen LogP) is 2.06. The Bertz CT molecular complexity index is 380. The van der Waals surface area contributed by atoms with E-state index >= 15 is 0 Å². The van der Waals surface area contributed by atoms with Crippen LogP contribution in [-0.4, -0.2) is 45.8 Å². The molecule has 1 aromatic rings. The summed E-state index contributed by atoms with van der Waals surface area (Å²) in [4.78, 5) is 2.49. The molecule has 2 heterocycles. The highest BCUT2D eigenvalue weighted by molar-refractivity contribution is 9.09. The fourth-order valence-corrected chi connectivity index (χ4v) is 2.93. The first-order chi connectivity index (χ1) is 8.78. The maximum absolute atomic E-state index is 5.53. The van der Waals surface area contributed by atoms with E-state index in [1.165, 1.54) is 11.4 Å². The van der Waals surface area contributed by atoms with Gasteiger partial charge in [0.2, 0.25) is 0 Å². The Kier molecular flexibility index (Phi) is 5.21. The van der Waals surface area contributed by atoms with Crippen molar-refractivity contribution >= 4 is 15.9 Å². The molecule has 0 aliphatic carbocycles. The normalized spacial score (nSPS) is 21.4. The van der Waals surface area contributed by atoms with Crippen molar-refractivity contribution in [1.82, 2.24) is 14.7 Å². The van der Waals surface area contributed by atoms with Gasteiger partial charge in [0.25, 0.3) is 0 Å². The number of halogens is 1. The first kappa shape index (κ1) is 14.0. The van der Waals surface area contributed by atoms with E-state index in [-0.39, 0.29) is 0 Å². The molecule has 2 rings (SSSR count). The number of rotatable bonds is 5. The summed E-state index contributed by atoms with van der Waals surface area (Å²) < 4.78 is 7.65. The van der Waals surface area contributed by atoms with Crippen molar-refractivity contribution in [3.63, 3.8) is 0 Å². The van der Waals surface area contributed by atoms with Crippen molar-refractivity contribution in [2.24, 2.45) is 0 Å². The number of aromatic nitrogens is 2. The first-order valence-corrected chi connectivity index (χ1v) is 7.84. The molecule has 1 aliphatic rings. The Morgan fingerprint density at radius 2 is 2.33 bits per heavy atom. The highest BCUT2D eigenvalue weighted by Crippen LogP contribution is 2.15. The summed E-state index contributed by atoms with van der Waals surface area (Å²) in [5.74, 6) is 0. The lowest BCUT2D eigenvalue weighted by Crippen LogP contribution is -2.46. The molecule has 1 aromatic heterocycles. The summed E-state index contributed by atoms with van der Waals surface area (Å²) in [5, 5.41) is 5.58. The van der Waals surface area contributed by atoms with Crippen LogP contribution in [0.15, 0.2) is 6.07 Å². The molecular formula is C13H22BrN3O. The summed E-state index contributed by atoms with van der Waals surface area (Å²) in [6.07, 6.45) is 1.00. The zero-order valence-corrected chi connectivity index (χ0v) is 12.8. The fourth-order valence-electron chi connectivity index (χ4n) is 2.34. The van der Waals surface area contributed by atoms with E-state index in [1.54, 1.807) is 0 Å². The minimum absolute atomic E-state index is 0.476. The second-order valence-corrected chi connectivity index (χ2v) is 5.30. The minimum atomic E-state index is 0.476. The van der Waals surface area contributed by atoms with Crippen molar-refractivity contribution in [2.75, 3.05) is 25.1 Å². The van der Waals surface area contributed by atoms with Gasteiger partial charge < -0.3 is 4.74 Å². The lowest BCUT2D eigenvalue weighted by atomic mass is 10.2. The van der Waals surface area contributed by atoms with Crippen LogP contribution in [0.2, 0.25) is 0 Å². The molecular weight excluding hydrogens is 294 g/mol. The van der Waals surface area contributed by atoms with Crippen molar-refractivity contribution < 1.29 is 4.74 Å². The molecule has 0 N–H and O–H groups in total. The van der Waals surface area contributed by atoms with Crippen LogP contribution in [0, 0.1) is 0 Å². The van der Waals surface area contributed by atoms with Crippen molar-refractivity contribution in [1.29, 1.82) is 0 Å². The van der Waals surface area contributed by atoms with Gasteiger partial charge in [-0.3, -0.25) is 9.58 Å². The molecule has 1 aliphatic heterocycles. The number of ether oxygens (including phenoxy) is 1. The minimum Gasteiger partial charge on any atom is -0.378 e. The smallest absolute Gasteiger partial charge is 0.0630 e. The van der Waals surface area contributed by atoms with E-state index in [0.29, 0.717) is 6.04 Å². The van der Waals surface area contributed by atoms with E-state index in [1.807, 2.05) is 0 Å². The van der Waals surface area contributed by atoms with Crippen LogP contribution in [0.4, 0.5) is 0 Å². The van der Waals surface area contributed by atoms with Gasteiger partial charge in [-0.15, -0.1) is 0 Å². The molecule has 1 saturated heterocycles. The maximum atomic E-state index is 5.53. The van der Waals surface area contributed by atoms with Crippen LogP contribution in [0.25, 0.3) is 0 Å². The van der Waals surface area contributed by atoms with Crippen molar-refractivity contribution in [3.05, 3.63) is 17.5 Å². The summed E-state index contributed by atoms with van der Waals surface area (Å²) in [6, 6.07) is 2.72. The van der Waals surface area contributed by atoms with Crippen LogP contribution in [0.1, 0.15) is 25.2 Å². The second-order valence-electron chi connectivity index (χ2n) is 4.65. The van der Waals surface area contributed by atoms with E-state index in [9.17, 15) is 0 Å². The average molecular weight is 316 g/mol. The van der Waals surface area contributed by atoms with Gasteiger partial charge in [0.1, 0.15) is 0 Å². The average Bonchev–Trinajstić information content (AvgIpc) is 2.81. The highest BCUT2D eigenvalue weighted by atomic mass is 79.9. The molecule has 1 unspecified atom stereocenters. The molecule has 4 nitrogen and oxygen atoms in total. The monoisotopic (exact) mass is 315 g/mol. The summed E-state index contributed by atoms with van der Waals surface area (Å²) in [7, 11) is 0. The molecule has 0 saturated carbocycles. The second kappa shape index (κ2) is 6.68. The zero-order valence-electron chi connectivity index (χ0n) is 11.2. The largest absolute Gasteiger partial charge is 0.378 e. The number of aryl methyl sites for hydroxylation is 2. The molecule has 0 amide bonds. The Hall–Kier alpha value is -0.390. The third-order valence-corrected chi connectivity index (χ3v) is 4.22. The topological polar surface area (TPSA) is 30.3 Å². The molecule has 1 fully saturated rings. The number of hydrogen-bond acceptors (Lipinski definition) is 3. The Morgan fingerprint density at radius 1 is 1.50 bits per heavy atom. The van der Waals surface area contributed by atoms with Gasteiger partial charge in [0.05, 0.1) is 24.6 Å². The molecule has 1 atom stereocenters. The Balaban J connectivity index is 2.09. The molecule has 18 heavy (non-hydrogen) atoms. The SMILES string of the molecule is CCc1cc(CN2CCOCC2CBr)n(CC)n1. The van der Waals surface area contributed by atoms with E-state index in [2.05, 4.69) is 50.5 Å². The highest BCUT2D eigenvalue weighted by Gasteiger charge is 2.23. The van der Waals surface area contributed by atoms with E-state index in [4.69, 9.17) is 4.74 Å². The van der Waals surface area contributed by atoms with Gasteiger partial charge in [-0.1, -0.05) is 22.9 Å². The quantitative estimate of drug-likeness (QED) is 0.779. The van der Waals surface area contributed by atoms with Crippen LogP contribution < -0.4 is 0 Å². The van der Waals surface area contributed by atoms with Crippen molar-refractivity contribution in [2.45, 2.75) is 39.4 Å². The van der Waals surface area contributed by atoms with Gasteiger partial charge in [0, 0.05) is 31.0 Å².